The molecule has 2 atom stereocenters. The Hall–Kier alpha value is -2.82. The molecule has 0 spiro atoms. The number of anilines is 1. The first-order chi connectivity index (χ1) is 13.5. The van der Waals surface area contributed by atoms with Gasteiger partial charge in [-0.25, -0.2) is 9.97 Å². The van der Waals surface area contributed by atoms with Gasteiger partial charge in [0.1, 0.15) is 10.9 Å². The Balaban J connectivity index is 1.82. The Bertz CT molecular complexity index is 1030. The van der Waals surface area contributed by atoms with Gasteiger partial charge in [0.2, 0.25) is 5.95 Å². The molecule has 3 aromatic rings. The Kier molecular flexibility index (Phi) is 5.07. The van der Waals surface area contributed by atoms with Crippen molar-refractivity contribution in [3.8, 4) is 27.8 Å². The molecule has 1 saturated heterocycles. The molecule has 7 heteroatoms. The van der Waals surface area contributed by atoms with Crippen molar-refractivity contribution in [3.05, 3.63) is 47.2 Å². The summed E-state index contributed by atoms with van der Waals surface area (Å²) in [7, 11) is 0. The molecule has 4 heterocycles. The van der Waals surface area contributed by atoms with E-state index < -0.39 is 0 Å². The van der Waals surface area contributed by atoms with Gasteiger partial charge >= 0.3 is 0 Å². The maximum absolute atomic E-state index is 9.23. The first kappa shape index (κ1) is 18.5. The molecule has 142 valence electrons. The average Bonchev–Trinajstić information content (AvgIpc) is 3.16. The van der Waals surface area contributed by atoms with E-state index in [0.29, 0.717) is 10.8 Å². The quantitative estimate of drug-likeness (QED) is 0.670. The molecule has 0 saturated carbocycles. The molecule has 0 amide bonds. The smallest absolute Gasteiger partial charge is 0.226 e. The number of thiophene rings is 1. The highest BCUT2D eigenvalue weighted by atomic mass is 32.1. The van der Waals surface area contributed by atoms with E-state index in [-0.39, 0.29) is 12.2 Å². The van der Waals surface area contributed by atoms with E-state index in [4.69, 9.17) is 9.72 Å². The zero-order valence-electron chi connectivity index (χ0n) is 16.1. The minimum atomic E-state index is 0.130. The molecule has 6 nitrogen and oxygen atoms in total. The van der Waals surface area contributed by atoms with Crippen molar-refractivity contribution >= 4 is 17.3 Å². The first-order valence-corrected chi connectivity index (χ1v) is 10.1. The van der Waals surface area contributed by atoms with Gasteiger partial charge in [-0.05, 0) is 50.6 Å². The summed E-state index contributed by atoms with van der Waals surface area (Å²) in [6.07, 6.45) is 3.93. The van der Waals surface area contributed by atoms with Crippen LogP contribution in [0.3, 0.4) is 0 Å². The molecule has 1 aliphatic heterocycles. The normalized spacial score (nSPS) is 19.4. The first-order valence-electron chi connectivity index (χ1n) is 9.24. The lowest BCUT2D eigenvalue weighted by molar-refractivity contribution is -0.00571. The Morgan fingerprint density at radius 3 is 2.64 bits per heavy atom. The number of nitrogens with zero attached hydrogens (tertiary/aromatic N) is 5. The fourth-order valence-corrected chi connectivity index (χ4v) is 4.31. The number of pyridine rings is 1. The predicted molar refractivity (Wildman–Crippen MR) is 110 cm³/mol. The number of rotatable bonds is 3. The van der Waals surface area contributed by atoms with Crippen LogP contribution in [0, 0.1) is 18.3 Å². The zero-order chi connectivity index (χ0) is 19.7. The summed E-state index contributed by atoms with van der Waals surface area (Å²) in [5.74, 6) is 0.693. The highest BCUT2D eigenvalue weighted by Crippen LogP contribution is 2.35. The molecule has 28 heavy (non-hydrogen) atoms. The lowest BCUT2D eigenvalue weighted by Gasteiger charge is -2.35. The van der Waals surface area contributed by atoms with Crippen LogP contribution in [0.25, 0.3) is 21.7 Å². The summed E-state index contributed by atoms with van der Waals surface area (Å²) >= 11 is 1.45. The molecular formula is C21H21N5OS. The van der Waals surface area contributed by atoms with Gasteiger partial charge in [-0.3, -0.25) is 4.98 Å². The van der Waals surface area contributed by atoms with Crippen LogP contribution in [0.5, 0.6) is 0 Å². The van der Waals surface area contributed by atoms with Gasteiger partial charge in [0.25, 0.3) is 0 Å². The van der Waals surface area contributed by atoms with Crippen LogP contribution in [0.1, 0.15) is 24.4 Å². The lowest BCUT2D eigenvalue weighted by atomic mass is 10.1. The lowest BCUT2D eigenvalue weighted by Crippen LogP contribution is -2.46. The number of aromatic nitrogens is 3. The molecular weight excluding hydrogens is 370 g/mol. The summed E-state index contributed by atoms with van der Waals surface area (Å²) in [4.78, 5) is 17.7. The van der Waals surface area contributed by atoms with Gasteiger partial charge < -0.3 is 9.64 Å². The molecule has 1 fully saturated rings. The van der Waals surface area contributed by atoms with Crippen molar-refractivity contribution in [2.75, 3.05) is 18.0 Å². The van der Waals surface area contributed by atoms with Crippen molar-refractivity contribution in [2.45, 2.75) is 33.0 Å². The number of hydrogen-bond donors (Lipinski definition) is 0. The summed E-state index contributed by atoms with van der Waals surface area (Å²) in [5, 5.41) is 9.23. The second kappa shape index (κ2) is 7.66. The van der Waals surface area contributed by atoms with Crippen LogP contribution in [0.4, 0.5) is 5.95 Å². The van der Waals surface area contributed by atoms with Crippen LogP contribution in [-0.2, 0) is 4.74 Å². The summed E-state index contributed by atoms with van der Waals surface area (Å²) in [5.41, 5.74) is 3.74. The van der Waals surface area contributed by atoms with Crippen LogP contribution in [0.2, 0.25) is 0 Å². The minimum Gasteiger partial charge on any atom is -0.372 e. The van der Waals surface area contributed by atoms with Crippen molar-refractivity contribution in [1.29, 1.82) is 5.26 Å². The highest BCUT2D eigenvalue weighted by molar-refractivity contribution is 7.16. The number of aryl methyl sites for hydroxylation is 1. The molecule has 1 aliphatic rings. The summed E-state index contributed by atoms with van der Waals surface area (Å²) in [6.45, 7) is 7.61. The molecule has 0 N–H and O–H groups in total. The number of hydrogen-bond acceptors (Lipinski definition) is 7. The topological polar surface area (TPSA) is 74.9 Å². The summed E-state index contributed by atoms with van der Waals surface area (Å²) < 4.78 is 5.84. The molecule has 0 aromatic carbocycles. The van der Waals surface area contributed by atoms with Crippen LogP contribution >= 0.6 is 11.3 Å². The summed E-state index contributed by atoms with van der Waals surface area (Å²) in [6, 6.07) is 10.00. The fourth-order valence-electron chi connectivity index (χ4n) is 3.50. The predicted octanol–water partition coefficient (Wildman–Crippen LogP) is 4.06. The van der Waals surface area contributed by atoms with Crippen molar-refractivity contribution in [3.63, 3.8) is 0 Å². The second-order valence-electron chi connectivity index (χ2n) is 7.06. The average molecular weight is 392 g/mol. The van der Waals surface area contributed by atoms with Gasteiger partial charge in [0.05, 0.1) is 22.8 Å². The minimum absolute atomic E-state index is 0.130. The van der Waals surface area contributed by atoms with E-state index in [2.05, 4.69) is 34.8 Å². The SMILES string of the molecule is Cc1cc(-c2cnc(N3C[C@@H](C)O[C@@H](C)C3)nc2-c2ccc(C#N)s2)ccn1. The third-order valence-electron chi connectivity index (χ3n) is 4.64. The van der Waals surface area contributed by atoms with Crippen LogP contribution in [-0.4, -0.2) is 40.2 Å². The molecule has 0 unspecified atom stereocenters. The standard InChI is InChI=1S/C21H21N5OS/c1-13-8-16(6-7-23-13)18-10-24-21(26-11-14(2)27-15(3)12-26)25-20(18)19-5-4-17(9-22)28-19/h4-8,10,14-15H,11-12H2,1-3H3/t14-,15+. The third-order valence-corrected chi connectivity index (χ3v) is 5.63. The molecule has 4 rings (SSSR count). The van der Waals surface area contributed by atoms with Crippen molar-refractivity contribution < 1.29 is 4.74 Å². The van der Waals surface area contributed by atoms with Gasteiger partial charge in [0.15, 0.2) is 0 Å². The molecule has 0 aliphatic carbocycles. The molecule has 0 bridgehead atoms. The highest BCUT2D eigenvalue weighted by Gasteiger charge is 2.25. The fraction of sp³-hybridized carbons (Fsp3) is 0.333. The van der Waals surface area contributed by atoms with E-state index in [0.717, 1.165) is 40.5 Å². The van der Waals surface area contributed by atoms with E-state index in [9.17, 15) is 5.26 Å². The Labute approximate surface area is 168 Å². The number of ether oxygens (including phenoxy) is 1. The second-order valence-corrected chi connectivity index (χ2v) is 8.14. The monoisotopic (exact) mass is 391 g/mol. The van der Waals surface area contributed by atoms with Crippen LogP contribution < -0.4 is 4.90 Å². The van der Waals surface area contributed by atoms with E-state index in [1.807, 2.05) is 37.4 Å². The Morgan fingerprint density at radius 1 is 1.18 bits per heavy atom. The molecule has 0 radical (unpaired) electrons. The maximum Gasteiger partial charge on any atom is 0.226 e. The molecule has 3 aromatic heterocycles. The van der Waals surface area contributed by atoms with Gasteiger partial charge in [-0.2, -0.15) is 5.26 Å². The maximum atomic E-state index is 9.23. The number of nitriles is 1. The number of morpholine rings is 1. The van der Waals surface area contributed by atoms with Crippen molar-refractivity contribution in [1.82, 2.24) is 15.0 Å². The zero-order valence-corrected chi connectivity index (χ0v) is 16.9. The van der Waals surface area contributed by atoms with E-state index in [1.54, 1.807) is 6.20 Å². The van der Waals surface area contributed by atoms with Crippen LogP contribution in [0.15, 0.2) is 36.7 Å². The largest absolute Gasteiger partial charge is 0.372 e. The van der Waals surface area contributed by atoms with E-state index >= 15 is 0 Å². The van der Waals surface area contributed by atoms with Gasteiger partial charge in [-0.1, -0.05) is 0 Å². The van der Waals surface area contributed by atoms with Gasteiger partial charge in [0, 0.05) is 36.7 Å². The van der Waals surface area contributed by atoms with Gasteiger partial charge in [-0.15, -0.1) is 11.3 Å². The third kappa shape index (κ3) is 3.75. The van der Waals surface area contributed by atoms with Crippen molar-refractivity contribution in [2.24, 2.45) is 0 Å². The van der Waals surface area contributed by atoms with E-state index in [1.165, 1.54) is 11.3 Å². The Morgan fingerprint density at radius 2 is 1.96 bits per heavy atom.